The number of hydrogen-bond donors (Lipinski definition) is 4. The monoisotopic (exact) mass is 298 g/mol. The molecular formula is C13H18N2O4S. The van der Waals surface area contributed by atoms with E-state index in [1.807, 2.05) is 6.26 Å². The lowest BCUT2D eigenvalue weighted by atomic mass is 10.2. The summed E-state index contributed by atoms with van der Waals surface area (Å²) in [5, 5.41) is 23.2. The van der Waals surface area contributed by atoms with Crippen LogP contribution in [0.2, 0.25) is 0 Å². The van der Waals surface area contributed by atoms with Gasteiger partial charge in [-0.05, 0) is 36.1 Å². The van der Waals surface area contributed by atoms with E-state index in [2.05, 4.69) is 10.6 Å². The van der Waals surface area contributed by atoms with E-state index in [1.165, 1.54) is 23.9 Å². The van der Waals surface area contributed by atoms with E-state index < -0.39 is 18.0 Å². The SMILES string of the molecule is CSCCC(NC(=O)NCc1cccc(O)c1)C(=O)O. The highest BCUT2D eigenvalue weighted by Gasteiger charge is 2.18. The van der Waals surface area contributed by atoms with Gasteiger partial charge in [0.25, 0.3) is 0 Å². The molecule has 1 aromatic rings. The van der Waals surface area contributed by atoms with Gasteiger partial charge in [0.2, 0.25) is 0 Å². The molecule has 1 rings (SSSR count). The number of aliphatic carboxylic acids is 1. The number of phenolic OH excluding ortho intramolecular Hbond substituents is 1. The molecule has 0 aliphatic rings. The first kappa shape index (κ1) is 16.2. The van der Waals surface area contributed by atoms with Gasteiger partial charge in [0, 0.05) is 6.54 Å². The normalized spacial score (nSPS) is 11.7. The second-order valence-electron chi connectivity index (χ2n) is 4.17. The van der Waals surface area contributed by atoms with Gasteiger partial charge >= 0.3 is 12.0 Å². The summed E-state index contributed by atoms with van der Waals surface area (Å²) < 4.78 is 0. The number of carboxylic acid groups (broad SMARTS) is 1. The van der Waals surface area contributed by atoms with Crippen molar-refractivity contribution in [3.05, 3.63) is 29.8 Å². The molecule has 20 heavy (non-hydrogen) atoms. The standard InChI is InChI=1S/C13H18N2O4S/c1-20-6-5-11(12(17)18)15-13(19)14-8-9-3-2-4-10(16)7-9/h2-4,7,11,16H,5-6,8H2,1H3,(H,17,18)(H2,14,15,19). The minimum absolute atomic E-state index is 0.119. The molecular weight excluding hydrogens is 280 g/mol. The molecule has 0 heterocycles. The van der Waals surface area contributed by atoms with Crippen molar-refractivity contribution in [3.63, 3.8) is 0 Å². The average Bonchev–Trinajstić information content (AvgIpc) is 2.41. The molecule has 0 spiro atoms. The van der Waals surface area contributed by atoms with Gasteiger partial charge in [-0.3, -0.25) is 0 Å². The first-order valence-corrected chi connectivity index (χ1v) is 7.46. The minimum atomic E-state index is -1.05. The van der Waals surface area contributed by atoms with E-state index in [-0.39, 0.29) is 12.3 Å². The van der Waals surface area contributed by atoms with Crippen molar-refractivity contribution >= 4 is 23.8 Å². The Kier molecular flexibility index (Phi) is 6.72. The Labute approximate surface area is 121 Å². The number of carbonyl (C=O) groups is 2. The average molecular weight is 298 g/mol. The molecule has 0 bridgehead atoms. The molecule has 0 radical (unpaired) electrons. The number of urea groups is 1. The van der Waals surface area contributed by atoms with Gasteiger partial charge in [0.15, 0.2) is 0 Å². The molecule has 1 atom stereocenters. The predicted octanol–water partition coefficient (Wildman–Crippen LogP) is 1.40. The number of amides is 2. The third-order valence-corrected chi connectivity index (χ3v) is 3.22. The van der Waals surface area contributed by atoms with Gasteiger partial charge in [-0.25, -0.2) is 9.59 Å². The molecule has 0 aliphatic carbocycles. The van der Waals surface area contributed by atoms with E-state index in [9.17, 15) is 14.7 Å². The number of carboxylic acids is 1. The lowest BCUT2D eigenvalue weighted by Gasteiger charge is -2.14. The van der Waals surface area contributed by atoms with Crippen LogP contribution in [0.3, 0.4) is 0 Å². The molecule has 2 amide bonds. The molecule has 0 aliphatic heterocycles. The molecule has 4 N–H and O–H groups in total. The van der Waals surface area contributed by atoms with Crippen LogP contribution in [0.25, 0.3) is 0 Å². The molecule has 0 saturated heterocycles. The second-order valence-corrected chi connectivity index (χ2v) is 5.15. The van der Waals surface area contributed by atoms with Crippen molar-refractivity contribution < 1.29 is 19.8 Å². The van der Waals surface area contributed by atoms with Crippen LogP contribution in [0.5, 0.6) is 5.75 Å². The third kappa shape index (κ3) is 5.83. The zero-order valence-corrected chi connectivity index (χ0v) is 11.9. The van der Waals surface area contributed by atoms with Crippen LogP contribution in [0, 0.1) is 0 Å². The molecule has 6 nitrogen and oxygen atoms in total. The topological polar surface area (TPSA) is 98.7 Å². The summed E-state index contributed by atoms with van der Waals surface area (Å²) >= 11 is 1.52. The van der Waals surface area contributed by atoms with Crippen LogP contribution in [-0.2, 0) is 11.3 Å². The number of rotatable bonds is 7. The van der Waals surface area contributed by atoms with E-state index >= 15 is 0 Å². The maximum Gasteiger partial charge on any atom is 0.326 e. The number of phenols is 1. The molecule has 0 fully saturated rings. The van der Waals surface area contributed by atoms with Crippen molar-refractivity contribution in [1.29, 1.82) is 0 Å². The number of thioether (sulfide) groups is 1. The maximum absolute atomic E-state index is 11.6. The van der Waals surface area contributed by atoms with Crippen molar-refractivity contribution in [2.75, 3.05) is 12.0 Å². The fourth-order valence-electron chi connectivity index (χ4n) is 1.55. The molecule has 0 saturated carbocycles. The Hall–Kier alpha value is -1.89. The summed E-state index contributed by atoms with van der Waals surface area (Å²) in [5.41, 5.74) is 0.733. The Morgan fingerprint density at radius 2 is 2.15 bits per heavy atom. The van der Waals surface area contributed by atoms with E-state index in [0.29, 0.717) is 12.2 Å². The van der Waals surface area contributed by atoms with Crippen molar-refractivity contribution in [2.45, 2.75) is 19.0 Å². The van der Waals surface area contributed by atoms with Crippen LogP contribution in [0.1, 0.15) is 12.0 Å². The zero-order chi connectivity index (χ0) is 15.0. The van der Waals surface area contributed by atoms with Gasteiger partial charge in [0.1, 0.15) is 11.8 Å². The Balaban J connectivity index is 2.43. The fraction of sp³-hybridized carbons (Fsp3) is 0.385. The summed E-state index contributed by atoms with van der Waals surface area (Å²) in [7, 11) is 0. The summed E-state index contributed by atoms with van der Waals surface area (Å²) in [5.74, 6) is -0.274. The molecule has 110 valence electrons. The van der Waals surface area contributed by atoms with E-state index in [0.717, 1.165) is 5.56 Å². The van der Waals surface area contributed by atoms with Crippen LogP contribution in [0.15, 0.2) is 24.3 Å². The maximum atomic E-state index is 11.6. The third-order valence-electron chi connectivity index (χ3n) is 2.58. The molecule has 7 heteroatoms. The highest BCUT2D eigenvalue weighted by molar-refractivity contribution is 7.98. The van der Waals surface area contributed by atoms with Gasteiger partial charge in [-0.15, -0.1) is 0 Å². The summed E-state index contributed by atoms with van der Waals surface area (Å²) in [6.07, 6.45) is 2.25. The number of nitrogens with one attached hydrogen (secondary N) is 2. The van der Waals surface area contributed by atoms with Gasteiger partial charge in [-0.2, -0.15) is 11.8 Å². The highest BCUT2D eigenvalue weighted by Crippen LogP contribution is 2.10. The van der Waals surface area contributed by atoms with Crippen LogP contribution < -0.4 is 10.6 Å². The Morgan fingerprint density at radius 1 is 1.40 bits per heavy atom. The van der Waals surface area contributed by atoms with Gasteiger partial charge in [0.05, 0.1) is 0 Å². The van der Waals surface area contributed by atoms with Gasteiger partial charge < -0.3 is 20.8 Å². The number of hydrogen-bond acceptors (Lipinski definition) is 4. The first-order valence-electron chi connectivity index (χ1n) is 6.07. The molecule has 1 aromatic carbocycles. The zero-order valence-electron chi connectivity index (χ0n) is 11.1. The highest BCUT2D eigenvalue weighted by atomic mass is 32.2. The lowest BCUT2D eigenvalue weighted by molar-refractivity contribution is -0.139. The Bertz CT molecular complexity index is 467. The lowest BCUT2D eigenvalue weighted by Crippen LogP contribution is -2.46. The quantitative estimate of drug-likeness (QED) is 0.610. The van der Waals surface area contributed by atoms with Crippen LogP contribution >= 0.6 is 11.8 Å². The Morgan fingerprint density at radius 3 is 2.75 bits per heavy atom. The number of aromatic hydroxyl groups is 1. The van der Waals surface area contributed by atoms with E-state index in [4.69, 9.17) is 5.11 Å². The first-order chi connectivity index (χ1) is 9.52. The van der Waals surface area contributed by atoms with Crippen LogP contribution in [-0.4, -0.2) is 40.3 Å². The van der Waals surface area contributed by atoms with Gasteiger partial charge in [-0.1, -0.05) is 12.1 Å². The minimum Gasteiger partial charge on any atom is -0.508 e. The molecule has 1 unspecified atom stereocenters. The smallest absolute Gasteiger partial charge is 0.326 e. The van der Waals surface area contributed by atoms with Crippen molar-refractivity contribution in [1.82, 2.24) is 10.6 Å². The second kappa shape index (κ2) is 8.31. The van der Waals surface area contributed by atoms with E-state index in [1.54, 1.807) is 12.1 Å². The van der Waals surface area contributed by atoms with Crippen molar-refractivity contribution in [2.24, 2.45) is 0 Å². The van der Waals surface area contributed by atoms with Crippen LogP contribution in [0.4, 0.5) is 4.79 Å². The molecule has 0 aromatic heterocycles. The summed E-state index contributed by atoms with van der Waals surface area (Å²) in [6.45, 7) is 0.217. The fourth-order valence-corrected chi connectivity index (χ4v) is 2.02. The number of benzene rings is 1. The predicted molar refractivity (Wildman–Crippen MR) is 77.9 cm³/mol. The largest absolute Gasteiger partial charge is 0.508 e. The summed E-state index contributed by atoms with van der Waals surface area (Å²) in [6, 6.07) is 5.05. The number of carbonyl (C=O) groups excluding carboxylic acids is 1. The summed E-state index contributed by atoms with van der Waals surface area (Å²) in [4.78, 5) is 22.6. The van der Waals surface area contributed by atoms with Crippen molar-refractivity contribution in [3.8, 4) is 5.75 Å².